The lowest BCUT2D eigenvalue weighted by atomic mass is 9.87. The Morgan fingerprint density at radius 3 is 2.59 bits per heavy atom. The molecule has 1 aliphatic rings. The Morgan fingerprint density at radius 1 is 1.28 bits per heavy atom. The molecule has 168 valence electrons. The number of rotatable bonds is 6. The minimum Gasteiger partial charge on any atom is -0.872 e. The first-order valence-electron chi connectivity index (χ1n) is 10.2. The number of aliphatic carboxylic acids is 1. The van der Waals surface area contributed by atoms with E-state index in [-0.39, 0.29) is 29.8 Å². The van der Waals surface area contributed by atoms with Gasteiger partial charge in [0.05, 0.1) is 30.1 Å². The van der Waals surface area contributed by atoms with Crippen LogP contribution in [0.25, 0.3) is 22.3 Å². The predicted molar refractivity (Wildman–Crippen MR) is 115 cm³/mol. The topological polar surface area (TPSA) is 139 Å². The molecule has 0 saturated carbocycles. The molecule has 1 aliphatic heterocycles. The lowest BCUT2D eigenvalue weighted by Gasteiger charge is -2.25. The molecule has 3 aromatic rings. The fraction of sp³-hybridized carbons (Fsp3) is 0.348. The number of aromatic nitrogens is 2. The fourth-order valence-electron chi connectivity index (χ4n) is 4.34. The lowest BCUT2D eigenvalue weighted by Crippen LogP contribution is -2.39. The van der Waals surface area contributed by atoms with Crippen molar-refractivity contribution < 1.29 is 25.2 Å². The summed E-state index contributed by atoms with van der Waals surface area (Å²) in [6, 6.07) is 6.35. The van der Waals surface area contributed by atoms with Crippen molar-refractivity contribution in [3.63, 3.8) is 0 Å². The molecule has 2 aromatic heterocycles. The molecule has 0 radical (unpaired) electrons. The van der Waals surface area contributed by atoms with E-state index in [0.717, 1.165) is 0 Å². The van der Waals surface area contributed by atoms with Gasteiger partial charge in [0.1, 0.15) is 0 Å². The van der Waals surface area contributed by atoms with Crippen molar-refractivity contribution >= 4 is 16.9 Å². The lowest BCUT2D eigenvalue weighted by molar-refractivity contribution is -0.269. The van der Waals surface area contributed by atoms with E-state index in [1.807, 2.05) is 25.1 Å². The van der Waals surface area contributed by atoms with Gasteiger partial charge in [-0.3, -0.25) is 4.79 Å². The van der Waals surface area contributed by atoms with Crippen LogP contribution in [-0.2, 0) is 30.1 Å². The third-order valence-electron chi connectivity index (χ3n) is 6.06. The van der Waals surface area contributed by atoms with Crippen molar-refractivity contribution in [2.45, 2.75) is 38.6 Å². The number of benzene rings is 1. The molecule has 9 nitrogen and oxygen atoms in total. The number of hydrogen-bond acceptors (Lipinski definition) is 7. The van der Waals surface area contributed by atoms with Crippen LogP contribution in [0.1, 0.15) is 35.6 Å². The average Bonchev–Trinajstić information content (AvgIpc) is 3.11. The van der Waals surface area contributed by atoms with E-state index in [2.05, 4.69) is 4.98 Å². The molecule has 0 aliphatic carbocycles. The Hall–Kier alpha value is -3.27. The second kappa shape index (κ2) is 7.70. The van der Waals surface area contributed by atoms with Gasteiger partial charge in [-0.25, -0.2) is 9.78 Å². The van der Waals surface area contributed by atoms with Crippen molar-refractivity contribution in [3.05, 3.63) is 56.9 Å². The highest BCUT2D eigenvalue weighted by Crippen LogP contribution is 2.37. The van der Waals surface area contributed by atoms with Gasteiger partial charge in [0.15, 0.2) is 5.60 Å². The standard InChI is InChI=1S/C23H25N3O6/c1-4-23(32,22(30)31)16-8-18-20-12(9-26(18)21(29)15(16)11-27)7-13-14(10-25(2)3)19(28)6-5-17(13)24-20/h5-8,27-28,32H,4,9-11H2,1-3H3,(H,30,31)/p-1/t23-/m0/s1. The third-order valence-corrected chi connectivity index (χ3v) is 6.06. The van der Waals surface area contributed by atoms with Crippen LogP contribution in [0.5, 0.6) is 5.75 Å². The summed E-state index contributed by atoms with van der Waals surface area (Å²) in [4.78, 5) is 31.5. The highest BCUT2D eigenvalue weighted by molar-refractivity contribution is 5.88. The highest BCUT2D eigenvalue weighted by atomic mass is 16.4. The average molecular weight is 438 g/mol. The van der Waals surface area contributed by atoms with Crippen molar-refractivity contribution in [3.8, 4) is 17.1 Å². The van der Waals surface area contributed by atoms with Crippen LogP contribution < -0.4 is 10.7 Å². The molecule has 0 fully saturated rings. The molecule has 1 atom stereocenters. The normalized spacial score (nSPS) is 14.4. The Kier molecular flexibility index (Phi) is 5.28. The van der Waals surface area contributed by atoms with E-state index in [1.54, 1.807) is 6.07 Å². The minimum atomic E-state index is -2.32. The summed E-state index contributed by atoms with van der Waals surface area (Å²) in [5, 5.41) is 43.4. The van der Waals surface area contributed by atoms with Gasteiger partial charge in [-0.05, 0) is 44.3 Å². The summed E-state index contributed by atoms with van der Waals surface area (Å²) in [5.74, 6) is -1.60. The summed E-state index contributed by atoms with van der Waals surface area (Å²) in [5.41, 5.74) is -0.442. The summed E-state index contributed by atoms with van der Waals surface area (Å²) < 4.78 is 1.41. The highest BCUT2D eigenvalue weighted by Gasteiger charge is 2.40. The molecule has 3 heterocycles. The first-order chi connectivity index (χ1) is 15.1. The fourth-order valence-corrected chi connectivity index (χ4v) is 4.34. The second-order valence-corrected chi connectivity index (χ2v) is 8.33. The van der Waals surface area contributed by atoms with Crippen LogP contribution >= 0.6 is 0 Å². The number of aliphatic hydroxyl groups excluding tert-OH is 1. The zero-order chi connectivity index (χ0) is 23.4. The third kappa shape index (κ3) is 3.17. The molecular formula is C23H24N3O6-. The maximum atomic E-state index is 13.1. The van der Waals surface area contributed by atoms with Crippen molar-refractivity contribution in [1.82, 2.24) is 14.5 Å². The summed E-state index contributed by atoms with van der Waals surface area (Å²) >= 11 is 0. The molecule has 0 bridgehead atoms. The largest absolute Gasteiger partial charge is 0.872 e. The van der Waals surface area contributed by atoms with Crippen molar-refractivity contribution in [2.75, 3.05) is 14.1 Å². The molecule has 32 heavy (non-hydrogen) atoms. The van der Waals surface area contributed by atoms with E-state index in [4.69, 9.17) is 0 Å². The number of pyridine rings is 2. The number of carbonyl (C=O) groups is 1. The Balaban J connectivity index is 1.99. The van der Waals surface area contributed by atoms with Gasteiger partial charge < -0.3 is 29.9 Å². The molecular weight excluding hydrogens is 414 g/mol. The Bertz CT molecular complexity index is 1310. The Labute approximate surface area is 183 Å². The molecule has 0 saturated heterocycles. The van der Waals surface area contributed by atoms with Crippen LogP contribution in [0.2, 0.25) is 0 Å². The molecule has 0 unspecified atom stereocenters. The summed E-state index contributed by atoms with van der Waals surface area (Å²) in [6.45, 7) is 1.39. The van der Waals surface area contributed by atoms with Crippen molar-refractivity contribution in [2.24, 2.45) is 0 Å². The first-order valence-corrected chi connectivity index (χ1v) is 10.2. The van der Waals surface area contributed by atoms with Gasteiger partial charge in [-0.1, -0.05) is 13.0 Å². The first kappa shape index (κ1) is 21.9. The van der Waals surface area contributed by atoms with Crippen LogP contribution in [0.3, 0.4) is 0 Å². The summed E-state index contributed by atoms with van der Waals surface area (Å²) in [6.07, 6.45) is -0.184. The number of carboxylic acids is 1. The molecule has 0 spiro atoms. The van der Waals surface area contributed by atoms with E-state index in [0.29, 0.717) is 40.0 Å². The van der Waals surface area contributed by atoms with Crippen LogP contribution in [0.15, 0.2) is 29.1 Å². The second-order valence-electron chi connectivity index (χ2n) is 8.33. The Morgan fingerprint density at radius 2 is 2.00 bits per heavy atom. The van der Waals surface area contributed by atoms with Gasteiger partial charge in [0.2, 0.25) is 0 Å². The molecule has 1 aromatic carbocycles. The number of fused-ring (bicyclic) bond motifs is 4. The quantitative estimate of drug-likeness (QED) is 0.401. The van der Waals surface area contributed by atoms with E-state index in [1.165, 1.54) is 23.6 Å². The van der Waals surface area contributed by atoms with Crippen LogP contribution in [0.4, 0.5) is 0 Å². The number of aliphatic hydroxyl groups is 2. The zero-order valence-electron chi connectivity index (χ0n) is 18.0. The van der Waals surface area contributed by atoms with Gasteiger partial charge in [0, 0.05) is 28.6 Å². The van der Waals surface area contributed by atoms with E-state index < -0.39 is 23.7 Å². The maximum absolute atomic E-state index is 13.1. The smallest absolute Gasteiger partial charge is 0.340 e. The number of nitrogens with zero attached hydrogens (tertiary/aromatic N) is 3. The van der Waals surface area contributed by atoms with Gasteiger partial charge in [-0.15, -0.1) is 5.75 Å². The van der Waals surface area contributed by atoms with Gasteiger partial charge >= 0.3 is 5.97 Å². The molecule has 0 amide bonds. The molecule has 3 N–H and O–H groups in total. The van der Waals surface area contributed by atoms with E-state index >= 15 is 0 Å². The predicted octanol–water partition coefficient (Wildman–Crippen LogP) is 0.735. The molecule has 4 rings (SSSR count). The number of carboxylic acid groups (broad SMARTS) is 1. The monoisotopic (exact) mass is 438 g/mol. The van der Waals surface area contributed by atoms with Crippen LogP contribution in [0, 0.1) is 0 Å². The van der Waals surface area contributed by atoms with Crippen LogP contribution in [-0.4, -0.2) is 49.8 Å². The maximum Gasteiger partial charge on any atom is 0.340 e. The van der Waals surface area contributed by atoms with Crippen molar-refractivity contribution in [1.29, 1.82) is 0 Å². The molecule has 9 heteroatoms. The summed E-state index contributed by atoms with van der Waals surface area (Å²) in [7, 11) is 3.73. The zero-order valence-corrected chi connectivity index (χ0v) is 18.0. The van der Waals surface area contributed by atoms with Gasteiger partial charge in [0.25, 0.3) is 5.56 Å². The SMILES string of the molecule is CC[C@@](O)(C(=O)O)c1cc2n(c(=O)c1CO)Cc1cc3c(CN(C)C)c([O-])ccc3nc1-2. The van der Waals surface area contributed by atoms with E-state index in [9.17, 15) is 30.0 Å². The minimum absolute atomic E-state index is 0.0973. The van der Waals surface area contributed by atoms with Gasteiger partial charge in [-0.2, -0.15) is 0 Å². The number of hydrogen-bond donors (Lipinski definition) is 3.